The fraction of sp³-hybridized carbons (Fsp3) is 0.238. The molecule has 0 radical (unpaired) electrons. The molecule has 138 valence electrons. The Kier molecular flexibility index (Phi) is 4.95. The molecular formula is C21H21N3OS2. The zero-order chi connectivity index (χ0) is 19.0. The minimum atomic E-state index is -0.0546. The molecule has 0 bridgehead atoms. The van der Waals surface area contributed by atoms with Crippen molar-refractivity contribution in [3.05, 3.63) is 74.0 Å². The summed E-state index contributed by atoms with van der Waals surface area (Å²) in [6.45, 7) is 5.58. The largest absolute Gasteiger partial charge is 0.309 e. The first-order valence-electron chi connectivity index (χ1n) is 8.81. The molecule has 3 aromatic heterocycles. The van der Waals surface area contributed by atoms with Crippen LogP contribution in [0.3, 0.4) is 0 Å². The number of nitrogens with zero attached hydrogens (tertiary/aromatic N) is 2. The lowest BCUT2D eigenvalue weighted by atomic mass is 10.1. The molecule has 4 aromatic rings. The summed E-state index contributed by atoms with van der Waals surface area (Å²) in [6.07, 6.45) is 0. The van der Waals surface area contributed by atoms with Crippen molar-refractivity contribution in [2.45, 2.75) is 26.9 Å². The normalized spacial score (nSPS) is 11.6. The van der Waals surface area contributed by atoms with Crippen LogP contribution in [0, 0.1) is 13.8 Å². The highest BCUT2D eigenvalue weighted by Crippen LogP contribution is 2.34. The number of nitrogens with one attached hydrogen (secondary N) is 1. The number of rotatable bonds is 5. The van der Waals surface area contributed by atoms with Gasteiger partial charge in [-0.25, -0.2) is 4.98 Å². The maximum absolute atomic E-state index is 12.7. The Bertz CT molecular complexity index is 1140. The summed E-state index contributed by atoms with van der Waals surface area (Å²) in [7, 11) is 2.04. The number of hydrogen-bond donors (Lipinski definition) is 1. The van der Waals surface area contributed by atoms with E-state index in [2.05, 4.69) is 60.1 Å². The third kappa shape index (κ3) is 3.88. The van der Waals surface area contributed by atoms with E-state index in [1.54, 1.807) is 11.3 Å². The van der Waals surface area contributed by atoms with Gasteiger partial charge in [0.15, 0.2) is 0 Å². The number of thiophene rings is 2. The first-order chi connectivity index (χ1) is 13.0. The predicted octanol–water partition coefficient (Wildman–Crippen LogP) is 4.96. The van der Waals surface area contributed by atoms with Crippen molar-refractivity contribution in [3.63, 3.8) is 0 Å². The second-order valence-electron chi connectivity index (χ2n) is 6.91. The lowest BCUT2D eigenvalue weighted by Gasteiger charge is -2.16. The lowest BCUT2D eigenvalue weighted by molar-refractivity contribution is 0.311. The highest BCUT2D eigenvalue weighted by atomic mass is 32.1. The fourth-order valence-electron chi connectivity index (χ4n) is 3.15. The summed E-state index contributed by atoms with van der Waals surface area (Å²) in [5, 5.41) is 2.74. The minimum absolute atomic E-state index is 0.0546. The Labute approximate surface area is 166 Å². The quantitative estimate of drug-likeness (QED) is 0.519. The summed E-state index contributed by atoms with van der Waals surface area (Å²) in [6, 6.07) is 12.7. The van der Waals surface area contributed by atoms with Gasteiger partial charge in [-0.05, 0) is 38.6 Å². The SMILES string of the molecule is Cc1ccc(CN(C)Cc2nc3scc(-c4ccc(C)s4)c3c(=O)[nH]2)cc1. The zero-order valence-electron chi connectivity index (χ0n) is 15.6. The highest BCUT2D eigenvalue weighted by Gasteiger charge is 2.15. The Morgan fingerprint density at radius 1 is 1.07 bits per heavy atom. The molecule has 0 aliphatic heterocycles. The summed E-state index contributed by atoms with van der Waals surface area (Å²) in [5.41, 5.74) is 3.44. The average Bonchev–Trinajstić information content (AvgIpc) is 3.23. The van der Waals surface area contributed by atoms with Crippen molar-refractivity contribution in [2.24, 2.45) is 0 Å². The molecule has 27 heavy (non-hydrogen) atoms. The first-order valence-corrected chi connectivity index (χ1v) is 10.5. The van der Waals surface area contributed by atoms with E-state index in [-0.39, 0.29) is 5.56 Å². The van der Waals surface area contributed by atoms with Crippen molar-refractivity contribution in [1.29, 1.82) is 0 Å². The van der Waals surface area contributed by atoms with E-state index in [9.17, 15) is 4.79 Å². The molecule has 0 saturated heterocycles. The standard InChI is InChI=1S/C21H21N3OS2/c1-13-4-7-15(8-5-13)10-24(3)11-18-22-20(25)19-16(12-26-21(19)23-18)17-9-6-14(2)27-17/h4-9,12H,10-11H2,1-3H3,(H,22,23,25). The molecule has 0 saturated carbocycles. The van der Waals surface area contributed by atoms with Gasteiger partial charge in [0.2, 0.25) is 0 Å². The van der Waals surface area contributed by atoms with Crippen molar-refractivity contribution >= 4 is 32.9 Å². The molecule has 0 unspecified atom stereocenters. The van der Waals surface area contributed by atoms with Crippen LogP contribution in [0.2, 0.25) is 0 Å². The van der Waals surface area contributed by atoms with Crippen molar-refractivity contribution in [2.75, 3.05) is 7.05 Å². The summed E-state index contributed by atoms with van der Waals surface area (Å²) in [5.74, 6) is 0.706. The number of benzene rings is 1. The van der Waals surface area contributed by atoms with E-state index in [0.717, 1.165) is 21.8 Å². The minimum Gasteiger partial charge on any atom is -0.309 e. The second kappa shape index (κ2) is 7.38. The van der Waals surface area contributed by atoms with Crippen LogP contribution in [0.25, 0.3) is 20.7 Å². The molecule has 0 atom stereocenters. The monoisotopic (exact) mass is 395 g/mol. The molecule has 0 spiro atoms. The Morgan fingerprint density at radius 3 is 2.56 bits per heavy atom. The summed E-state index contributed by atoms with van der Waals surface area (Å²) >= 11 is 3.24. The van der Waals surface area contributed by atoms with Crippen LogP contribution >= 0.6 is 22.7 Å². The van der Waals surface area contributed by atoms with E-state index in [1.165, 1.54) is 27.3 Å². The maximum Gasteiger partial charge on any atom is 0.260 e. The van der Waals surface area contributed by atoms with E-state index < -0.39 is 0 Å². The molecule has 4 nitrogen and oxygen atoms in total. The second-order valence-corrected chi connectivity index (χ2v) is 9.06. The van der Waals surface area contributed by atoms with Crippen molar-refractivity contribution in [1.82, 2.24) is 14.9 Å². The van der Waals surface area contributed by atoms with Gasteiger partial charge in [-0.1, -0.05) is 29.8 Å². The lowest BCUT2D eigenvalue weighted by Crippen LogP contribution is -2.21. The molecule has 4 rings (SSSR count). The highest BCUT2D eigenvalue weighted by molar-refractivity contribution is 7.19. The third-order valence-electron chi connectivity index (χ3n) is 4.49. The van der Waals surface area contributed by atoms with Crippen LogP contribution in [0.15, 0.2) is 46.6 Å². The van der Waals surface area contributed by atoms with Gasteiger partial charge in [0.1, 0.15) is 10.7 Å². The molecule has 1 N–H and O–H groups in total. The Balaban J connectivity index is 1.58. The number of aryl methyl sites for hydroxylation is 2. The van der Waals surface area contributed by atoms with Crippen LogP contribution in [0.4, 0.5) is 0 Å². The first kappa shape index (κ1) is 18.1. The van der Waals surface area contributed by atoms with E-state index >= 15 is 0 Å². The van der Waals surface area contributed by atoms with E-state index in [4.69, 9.17) is 4.98 Å². The molecule has 0 aliphatic carbocycles. The van der Waals surface area contributed by atoms with Crippen LogP contribution < -0.4 is 5.56 Å². The number of aromatic nitrogens is 2. The van der Waals surface area contributed by atoms with Gasteiger partial charge in [-0.2, -0.15) is 0 Å². The third-order valence-corrected chi connectivity index (χ3v) is 6.40. The van der Waals surface area contributed by atoms with Crippen LogP contribution in [0.1, 0.15) is 21.8 Å². The van der Waals surface area contributed by atoms with Gasteiger partial charge >= 0.3 is 0 Å². The van der Waals surface area contributed by atoms with Crippen molar-refractivity contribution in [3.8, 4) is 10.4 Å². The summed E-state index contributed by atoms with van der Waals surface area (Å²) in [4.78, 5) is 25.8. The molecule has 0 amide bonds. The molecular weight excluding hydrogens is 374 g/mol. The molecule has 3 heterocycles. The number of fused-ring (bicyclic) bond motifs is 1. The van der Waals surface area contributed by atoms with Gasteiger partial charge < -0.3 is 4.98 Å². The Hall–Kier alpha value is -2.28. The van der Waals surface area contributed by atoms with Crippen LogP contribution in [-0.4, -0.2) is 21.9 Å². The van der Waals surface area contributed by atoms with Crippen LogP contribution in [-0.2, 0) is 13.1 Å². The topological polar surface area (TPSA) is 49.0 Å². The maximum atomic E-state index is 12.7. The van der Waals surface area contributed by atoms with Gasteiger partial charge in [-0.15, -0.1) is 22.7 Å². The van der Waals surface area contributed by atoms with Gasteiger partial charge in [0.05, 0.1) is 11.9 Å². The smallest absolute Gasteiger partial charge is 0.260 e. The van der Waals surface area contributed by atoms with Gasteiger partial charge in [0.25, 0.3) is 5.56 Å². The molecule has 1 aromatic carbocycles. The van der Waals surface area contributed by atoms with E-state index in [0.29, 0.717) is 17.8 Å². The van der Waals surface area contributed by atoms with Crippen LogP contribution in [0.5, 0.6) is 0 Å². The Morgan fingerprint density at radius 2 is 1.85 bits per heavy atom. The summed E-state index contributed by atoms with van der Waals surface area (Å²) < 4.78 is 0. The van der Waals surface area contributed by atoms with Crippen molar-refractivity contribution < 1.29 is 0 Å². The molecule has 0 fully saturated rings. The zero-order valence-corrected chi connectivity index (χ0v) is 17.2. The number of hydrogen-bond acceptors (Lipinski definition) is 5. The average molecular weight is 396 g/mol. The fourth-order valence-corrected chi connectivity index (χ4v) is 5.07. The van der Waals surface area contributed by atoms with E-state index in [1.807, 2.05) is 12.4 Å². The number of H-pyrrole nitrogens is 1. The van der Waals surface area contributed by atoms with Gasteiger partial charge in [-0.3, -0.25) is 9.69 Å². The number of aromatic amines is 1. The predicted molar refractivity (Wildman–Crippen MR) is 115 cm³/mol. The molecule has 0 aliphatic rings. The molecule has 6 heteroatoms. The van der Waals surface area contributed by atoms with Gasteiger partial charge in [0, 0.05) is 27.2 Å².